The molecule has 56 valence electrons. The lowest BCUT2D eigenvalue weighted by molar-refractivity contribution is 0.116. The van der Waals surface area contributed by atoms with Gasteiger partial charge in [-0.05, 0) is 19.3 Å². The Balaban J connectivity index is 2.95. The van der Waals surface area contributed by atoms with Crippen LogP contribution < -0.4 is 0 Å². The summed E-state index contributed by atoms with van der Waals surface area (Å²) in [5.74, 6) is 0. The summed E-state index contributed by atoms with van der Waals surface area (Å²) in [6, 6.07) is 0. The average Bonchev–Trinajstić information content (AvgIpc) is 1.85. The summed E-state index contributed by atoms with van der Waals surface area (Å²) in [6.45, 7) is 0.134. The molecule has 0 aromatic carbocycles. The summed E-state index contributed by atoms with van der Waals surface area (Å²) in [7, 11) is 0. The van der Waals surface area contributed by atoms with Crippen molar-refractivity contribution in [2.75, 3.05) is 13.2 Å². The highest BCUT2D eigenvalue weighted by Crippen LogP contribution is 1.99. The van der Waals surface area contributed by atoms with Gasteiger partial charge in [0.15, 0.2) is 0 Å². The molecular formula is C6H14O3. The third-order valence-electron chi connectivity index (χ3n) is 1.16. The SMILES string of the molecule is OCCCC(O)CCO. The Morgan fingerprint density at radius 3 is 2.11 bits per heavy atom. The van der Waals surface area contributed by atoms with Gasteiger partial charge in [-0.1, -0.05) is 0 Å². The van der Waals surface area contributed by atoms with Crippen molar-refractivity contribution in [3.63, 3.8) is 0 Å². The fraction of sp³-hybridized carbons (Fsp3) is 1.00. The first-order valence-electron chi connectivity index (χ1n) is 3.21. The molecule has 0 aliphatic heterocycles. The molecule has 0 aromatic heterocycles. The second kappa shape index (κ2) is 6.01. The molecule has 0 amide bonds. The molecule has 0 bridgehead atoms. The van der Waals surface area contributed by atoms with Crippen LogP contribution in [-0.2, 0) is 0 Å². The number of hydrogen-bond donors (Lipinski definition) is 3. The summed E-state index contributed by atoms with van der Waals surface area (Å²) < 4.78 is 0. The third-order valence-corrected chi connectivity index (χ3v) is 1.16. The van der Waals surface area contributed by atoms with E-state index in [1.165, 1.54) is 0 Å². The van der Waals surface area contributed by atoms with Crippen LogP contribution in [0.15, 0.2) is 0 Å². The zero-order chi connectivity index (χ0) is 7.11. The van der Waals surface area contributed by atoms with Gasteiger partial charge in [0.25, 0.3) is 0 Å². The van der Waals surface area contributed by atoms with Gasteiger partial charge in [0.1, 0.15) is 0 Å². The maximum absolute atomic E-state index is 8.91. The summed E-state index contributed by atoms with van der Waals surface area (Å²) in [4.78, 5) is 0. The van der Waals surface area contributed by atoms with Crippen molar-refractivity contribution in [2.24, 2.45) is 0 Å². The molecule has 3 heteroatoms. The Labute approximate surface area is 54.9 Å². The Morgan fingerprint density at radius 2 is 1.67 bits per heavy atom. The fourth-order valence-corrected chi connectivity index (χ4v) is 0.620. The molecule has 0 heterocycles. The van der Waals surface area contributed by atoms with Crippen molar-refractivity contribution < 1.29 is 15.3 Å². The molecule has 3 N–H and O–H groups in total. The summed E-state index contributed by atoms with van der Waals surface area (Å²) >= 11 is 0. The highest BCUT2D eigenvalue weighted by atomic mass is 16.3. The van der Waals surface area contributed by atoms with Crippen LogP contribution in [0.4, 0.5) is 0 Å². The lowest BCUT2D eigenvalue weighted by Gasteiger charge is -2.05. The van der Waals surface area contributed by atoms with Gasteiger partial charge in [-0.15, -0.1) is 0 Å². The van der Waals surface area contributed by atoms with Gasteiger partial charge in [0, 0.05) is 13.2 Å². The normalized spacial score (nSPS) is 13.7. The van der Waals surface area contributed by atoms with E-state index in [9.17, 15) is 0 Å². The Kier molecular flexibility index (Phi) is 5.93. The monoisotopic (exact) mass is 134 g/mol. The smallest absolute Gasteiger partial charge is 0.0563 e. The van der Waals surface area contributed by atoms with Gasteiger partial charge < -0.3 is 15.3 Å². The van der Waals surface area contributed by atoms with E-state index in [-0.39, 0.29) is 13.2 Å². The van der Waals surface area contributed by atoms with Crippen molar-refractivity contribution in [2.45, 2.75) is 25.4 Å². The summed E-state index contributed by atoms with van der Waals surface area (Å²) in [6.07, 6.45) is 1.17. The van der Waals surface area contributed by atoms with Gasteiger partial charge in [-0.3, -0.25) is 0 Å². The molecule has 9 heavy (non-hydrogen) atoms. The van der Waals surface area contributed by atoms with Gasteiger partial charge >= 0.3 is 0 Å². The first-order chi connectivity index (χ1) is 4.31. The molecule has 3 nitrogen and oxygen atoms in total. The lowest BCUT2D eigenvalue weighted by atomic mass is 10.1. The maximum atomic E-state index is 8.91. The van der Waals surface area contributed by atoms with Crippen LogP contribution in [0, 0.1) is 0 Å². The van der Waals surface area contributed by atoms with Gasteiger partial charge in [0.05, 0.1) is 6.10 Å². The molecule has 1 atom stereocenters. The summed E-state index contributed by atoms with van der Waals surface area (Å²) in [5.41, 5.74) is 0. The van der Waals surface area contributed by atoms with Crippen LogP contribution in [0.3, 0.4) is 0 Å². The zero-order valence-corrected chi connectivity index (χ0v) is 5.45. The van der Waals surface area contributed by atoms with E-state index in [4.69, 9.17) is 15.3 Å². The topological polar surface area (TPSA) is 60.7 Å². The third kappa shape index (κ3) is 5.76. The van der Waals surface area contributed by atoms with Crippen LogP contribution in [0.1, 0.15) is 19.3 Å². The Hall–Kier alpha value is -0.120. The second-order valence-electron chi connectivity index (χ2n) is 2.03. The van der Waals surface area contributed by atoms with Crippen molar-refractivity contribution in [3.8, 4) is 0 Å². The largest absolute Gasteiger partial charge is 0.396 e. The predicted molar refractivity (Wildman–Crippen MR) is 34.0 cm³/mol. The molecule has 0 saturated heterocycles. The first-order valence-corrected chi connectivity index (χ1v) is 3.21. The summed E-state index contributed by atoms with van der Waals surface area (Å²) in [5, 5.41) is 25.5. The van der Waals surface area contributed by atoms with E-state index in [2.05, 4.69) is 0 Å². The molecule has 1 unspecified atom stereocenters. The van der Waals surface area contributed by atoms with E-state index in [1.54, 1.807) is 0 Å². The molecule has 0 spiro atoms. The Bertz CT molecular complexity index is 56.3. The van der Waals surface area contributed by atoms with Crippen molar-refractivity contribution in [1.29, 1.82) is 0 Å². The van der Waals surface area contributed by atoms with E-state index in [0.717, 1.165) is 0 Å². The Morgan fingerprint density at radius 1 is 1.00 bits per heavy atom. The number of aliphatic hydroxyl groups excluding tert-OH is 3. The van der Waals surface area contributed by atoms with E-state index in [0.29, 0.717) is 19.3 Å². The van der Waals surface area contributed by atoms with Crippen LogP contribution in [0.5, 0.6) is 0 Å². The van der Waals surface area contributed by atoms with Crippen molar-refractivity contribution in [3.05, 3.63) is 0 Å². The van der Waals surface area contributed by atoms with Crippen molar-refractivity contribution in [1.82, 2.24) is 0 Å². The van der Waals surface area contributed by atoms with Gasteiger partial charge in [-0.25, -0.2) is 0 Å². The molecule has 0 radical (unpaired) electrons. The van der Waals surface area contributed by atoms with Gasteiger partial charge in [0.2, 0.25) is 0 Å². The quantitative estimate of drug-likeness (QED) is 0.475. The van der Waals surface area contributed by atoms with Crippen LogP contribution >= 0.6 is 0 Å². The minimum absolute atomic E-state index is 0.0204. The molecule has 0 rings (SSSR count). The first kappa shape index (κ1) is 8.88. The molecule has 0 aromatic rings. The zero-order valence-electron chi connectivity index (χ0n) is 5.45. The number of hydrogen-bond acceptors (Lipinski definition) is 3. The van der Waals surface area contributed by atoms with Crippen LogP contribution in [0.25, 0.3) is 0 Å². The average molecular weight is 134 g/mol. The maximum Gasteiger partial charge on any atom is 0.0563 e. The van der Waals surface area contributed by atoms with E-state index >= 15 is 0 Å². The molecule has 0 fully saturated rings. The van der Waals surface area contributed by atoms with E-state index < -0.39 is 6.10 Å². The molecule has 0 aliphatic carbocycles. The van der Waals surface area contributed by atoms with E-state index in [1.807, 2.05) is 0 Å². The highest BCUT2D eigenvalue weighted by Gasteiger charge is 2.00. The highest BCUT2D eigenvalue weighted by molar-refractivity contribution is 4.53. The lowest BCUT2D eigenvalue weighted by Crippen LogP contribution is -2.08. The number of rotatable bonds is 5. The molecular weight excluding hydrogens is 120 g/mol. The number of aliphatic hydroxyl groups is 3. The van der Waals surface area contributed by atoms with Crippen molar-refractivity contribution >= 4 is 0 Å². The predicted octanol–water partition coefficient (Wildman–Crippen LogP) is -0.498. The van der Waals surface area contributed by atoms with Crippen LogP contribution in [0.2, 0.25) is 0 Å². The minimum atomic E-state index is -0.442. The fourth-order valence-electron chi connectivity index (χ4n) is 0.620. The second-order valence-corrected chi connectivity index (χ2v) is 2.03. The molecule has 0 aliphatic rings. The molecule has 0 saturated carbocycles. The van der Waals surface area contributed by atoms with Crippen LogP contribution in [-0.4, -0.2) is 34.6 Å². The minimum Gasteiger partial charge on any atom is -0.396 e. The standard InChI is InChI=1S/C6H14O3/c7-4-1-2-6(9)3-5-8/h6-9H,1-5H2. The van der Waals surface area contributed by atoms with Gasteiger partial charge in [-0.2, -0.15) is 0 Å².